The summed E-state index contributed by atoms with van der Waals surface area (Å²) in [6.07, 6.45) is 0. The first-order valence-corrected chi connectivity index (χ1v) is 6.38. The van der Waals surface area contributed by atoms with Gasteiger partial charge in [0, 0.05) is 27.7 Å². The molecule has 100 valence electrons. The predicted molar refractivity (Wildman–Crippen MR) is 76.6 cm³/mol. The molecule has 1 aromatic carbocycles. The van der Waals surface area contributed by atoms with Crippen LogP contribution in [0.4, 0.5) is 0 Å². The van der Waals surface area contributed by atoms with Gasteiger partial charge in [-0.1, -0.05) is 23.2 Å². The van der Waals surface area contributed by atoms with E-state index >= 15 is 0 Å². The van der Waals surface area contributed by atoms with Crippen LogP contribution in [0.25, 0.3) is 0 Å². The minimum absolute atomic E-state index is 0.175. The van der Waals surface area contributed by atoms with Gasteiger partial charge in [-0.05, 0) is 46.1 Å². The standard InChI is InChI=1S/C13H18Cl2N2O/c1-13(2,8-17(3)4)16-12(18)9-5-10(14)7-11(15)6-9/h5-7H,8H2,1-4H3,(H,16,18). The largest absolute Gasteiger partial charge is 0.346 e. The SMILES string of the molecule is CN(C)CC(C)(C)NC(=O)c1cc(Cl)cc(Cl)c1. The molecule has 0 heterocycles. The van der Waals surface area contributed by atoms with Crippen LogP contribution in [-0.4, -0.2) is 37.0 Å². The number of hydrogen-bond donors (Lipinski definition) is 1. The second-order valence-corrected chi connectivity index (χ2v) is 6.11. The Hall–Kier alpha value is -0.770. The fourth-order valence-electron chi connectivity index (χ4n) is 1.89. The maximum absolute atomic E-state index is 12.1. The molecule has 0 aliphatic carbocycles. The predicted octanol–water partition coefficient (Wildman–Crippen LogP) is 3.06. The number of likely N-dealkylation sites (N-methyl/N-ethyl adjacent to an activating group) is 1. The molecule has 0 saturated heterocycles. The van der Waals surface area contributed by atoms with E-state index in [2.05, 4.69) is 5.32 Å². The lowest BCUT2D eigenvalue weighted by atomic mass is 10.0. The van der Waals surface area contributed by atoms with Crippen LogP contribution in [0.3, 0.4) is 0 Å². The third kappa shape index (κ3) is 4.84. The van der Waals surface area contributed by atoms with Crippen LogP contribution in [-0.2, 0) is 0 Å². The van der Waals surface area contributed by atoms with Gasteiger partial charge in [0.1, 0.15) is 0 Å². The van der Waals surface area contributed by atoms with Crippen LogP contribution in [0, 0.1) is 0 Å². The van der Waals surface area contributed by atoms with Gasteiger partial charge in [0.15, 0.2) is 0 Å². The summed E-state index contributed by atoms with van der Waals surface area (Å²) in [5.74, 6) is -0.175. The number of benzene rings is 1. The summed E-state index contributed by atoms with van der Waals surface area (Å²) in [4.78, 5) is 14.1. The zero-order valence-electron chi connectivity index (χ0n) is 11.1. The molecular formula is C13H18Cl2N2O. The number of nitrogens with zero attached hydrogens (tertiary/aromatic N) is 1. The zero-order chi connectivity index (χ0) is 13.9. The highest BCUT2D eigenvalue weighted by molar-refractivity contribution is 6.35. The van der Waals surface area contributed by atoms with E-state index in [1.54, 1.807) is 18.2 Å². The lowest BCUT2D eigenvalue weighted by molar-refractivity contribution is 0.0899. The molecule has 1 aromatic rings. The van der Waals surface area contributed by atoms with Gasteiger partial charge in [0.2, 0.25) is 0 Å². The molecule has 18 heavy (non-hydrogen) atoms. The lowest BCUT2D eigenvalue weighted by Crippen LogP contribution is -2.50. The van der Waals surface area contributed by atoms with Gasteiger partial charge in [-0.15, -0.1) is 0 Å². The lowest BCUT2D eigenvalue weighted by Gasteiger charge is -2.29. The first kappa shape index (κ1) is 15.3. The Kier molecular flexibility index (Phi) is 5.02. The summed E-state index contributed by atoms with van der Waals surface area (Å²) in [7, 11) is 3.92. The molecule has 0 radical (unpaired) electrons. The van der Waals surface area contributed by atoms with Crippen molar-refractivity contribution in [3.63, 3.8) is 0 Å². The summed E-state index contributed by atoms with van der Waals surface area (Å²) in [5.41, 5.74) is 0.148. The average molecular weight is 289 g/mol. The van der Waals surface area contributed by atoms with Crippen LogP contribution in [0.15, 0.2) is 18.2 Å². The molecule has 3 nitrogen and oxygen atoms in total. The molecule has 0 aliphatic rings. The summed E-state index contributed by atoms with van der Waals surface area (Å²) in [6, 6.07) is 4.81. The number of carbonyl (C=O) groups is 1. The van der Waals surface area contributed by atoms with Gasteiger partial charge in [-0.25, -0.2) is 0 Å². The molecule has 0 saturated carbocycles. The number of amides is 1. The minimum atomic E-state index is -0.324. The first-order valence-electron chi connectivity index (χ1n) is 5.63. The maximum atomic E-state index is 12.1. The van der Waals surface area contributed by atoms with Gasteiger partial charge in [-0.3, -0.25) is 4.79 Å². The summed E-state index contributed by atoms with van der Waals surface area (Å²) in [5, 5.41) is 3.87. The molecular weight excluding hydrogens is 271 g/mol. The van der Waals surface area contributed by atoms with E-state index in [0.717, 1.165) is 6.54 Å². The highest BCUT2D eigenvalue weighted by Gasteiger charge is 2.22. The van der Waals surface area contributed by atoms with E-state index in [-0.39, 0.29) is 11.4 Å². The van der Waals surface area contributed by atoms with Gasteiger partial charge in [0.25, 0.3) is 5.91 Å². The van der Waals surface area contributed by atoms with Crippen molar-refractivity contribution < 1.29 is 4.79 Å². The average Bonchev–Trinajstić information content (AvgIpc) is 2.12. The topological polar surface area (TPSA) is 32.3 Å². The van der Waals surface area contributed by atoms with Crippen molar-refractivity contribution in [1.82, 2.24) is 10.2 Å². The van der Waals surface area contributed by atoms with E-state index < -0.39 is 0 Å². The quantitative estimate of drug-likeness (QED) is 0.924. The highest BCUT2D eigenvalue weighted by atomic mass is 35.5. The molecule has 0 unspecified atom stereocenters. The number of hydrogen-bond acceptors (Lipinski definition) is 2. The van der Waals surface area contributed by atoms with Crippen molar-refractivity contribution in [3.05, 3.63) is 33.8 Å². The van der Waals surface area contributed by atoms with Crippen LogP contribution in [0.1, 0.15) is 24.2 Å². The Morgan fingerprint density at radius 3 is 2.17 bits per heavy atom. The molecule has 0 aromatic heterocycles. The second kappa shape index (κ2) is 5.91. The van der Waals surface area contributed by atoms with E-state index in [0.29, 0.717) is 15.6 Å². The Bertz CT molecular complexity index is 424. The Morgan fingerprint density at radius 1 is 1.22 bits per heavy atom. The Morgan fingerprint density at radius 2 is 1.72 bits per heavy atom. The molecule has 0 bridgehead atoms. The molecule has 0 spiro atoms. The number of halogens is 2. The van der Waals surface area contributed by atoms with Crippen molar-refractivity contribution in [2.75, 3.05) is 20.6 Å². The molecule has 0 atom stereocenters. The van der Waals surface area contributed by atoms with Crippen molar-refractivity contribution in [2.45, 2.75) is 19.4 Å². The smallest absolute Gasteiger partial charge is 0.251 e. The maximum Gasteiger partial charge on any atom is 0.251 e. The van der Waals surface area contributed by atoms with E-state index in [9.17, 15) is 4.79 Å². The summed E-state index contributed by atoms with van der Waals surface area (Å²) >= 11 is 11.8. The van der Waals surface area contributed by atoms with Gasteiger partial charge in [0.05, 0.1) is 0 Å². The number of carbonyl (C=O) groups excluding carboxylic acids is 1. The number of nitrogens with one attached hydrogen (secondary N) is 1. The molecule has 1 amide bonds. The van der Waals surface area contributed by atoms with Crippen molar-refractivity contribution >= 4 is 29.1 Å². The highest BCUT2D eigenvalue weighted by Crippen LogP contribution is 2.19. The fraction of sp³-hybridized carbons (Fsp3) is 0.462. The van der Waals surface area contributed by atoms with Crippen molar-refractivity contribution in [2.24, 2.45) is 0 Å². The monoisotopic (exact) mass is 288 g/mol. The molecule has 5 heteroatoms. The second-order valence-electron chi connectivity index (χ2n) is 5.23. The summed E-state index contributed by atoms with van der Waals surface area (Å²) in [6.45, 7) is 4.68. The van der Waals surface area contributed by atoms with E-state index in [1.165, 1.54) is 0 Å². The van der Waals surface area contributed by atoms with Gasteiger partial charge in [-0.2, -0.15) is 0 Å². The normalized spacial score (nSPS) is 11.7. The number of rotatable bonds is 4. The van der Waals surface area contributed by atoms with Crippen molar-refractivity contribution in [3.8, 4) is 0 Å². The minimum Gasteiger partial charge on any atom is -0.346 e. The van der Waals surface area contributed by atoms with E-state index in [4.69, 9.17) is 23.2 Å². The Labute approximate surface area is 118 Å². The molecule has 1 N–H and O–H groups in total. The Balaban J connectivity index is 2.82. The molecule has 0 aliphatic heterocycles. The first-order chi connectivity index (χ1) is 8.19. The van der Waals surface area contributed by atoms with Crippen LogP contribution in [0.5, 0.6) is 0 Å². The van der Waals surface area contributed by atoms with E-state index in [1.807, 2.05) is 32.8 Å². The van der Waals surface area contributed by atoms with Crippen LogP contribution >= 0.6 is 23.2 Å². The third-order valence-corrected chi connectivity index (χ3v) is 2.72. The third-order valence-electron chi connectivity index (χ3n) is 2.29. The van der Waals surface area contributed by atoms with Crippen LogP contribution < -0.4 is 5.32 Å². The van der Waals surface area contributed by atoms with Gasteiger partial charge >= 0.3 is 0 Å². The van der Waals surface area contributed by atoms with Crippen LogP contribution in [0.2, 0.25) is 10.0 Å². The summed E-state index contributed by atoms with van der Waals surface area (Å²) < 4.78 is 0. The fourth-order valence-corrected chi connectivity index (χ4v) is 2.42. The van der Waals surface area contributed by atoms with Crippen molar-refractivity contribution in [1.29, 1.82) is 0 Å². The zero-order valence-corrected chi connectivity index (χ0v) is 12.6. The molecule has 0 fully saturated rings. The molecule has 1 rings (SSSR count). The van der Waals surface area contributed by atoms with Gasteiger partial charge < -0.3 is 10.2 Å².